The highest BCUT2D eigenvalue weighted by molar-refractivity contribution is 5.87. The van der Waals surface area contributed by atoms with Crippen LogP contribution in [0.5, 0.6) is 5.88 Å². The number of aryl methyl sites for hydroxylation is 1. The van der Waals surface area contributed by atoms with Crippen LogP contribution in [-0.2, 0) is 18.3 Å². The maximum Gasteiger partial charge on any atom is 0.262 e. The highest BCUT2D eigenvalue weighted by Gasteiger charge is 2.48. The number of pyridine rings is 1. The van der Waals surface area contributed by atoms with Gasteiger partial charge >= 0.3 is 0 Å². The number of benzene rings is 1. The van der Waals surface area contributed by atoms with Crippen molar-refractivity contribution in [2.24, 2.45) is 0 Å². The monoisotopic (exact) mass is 660 g/mol. The molecule has 48 heavy (non-hydrogen) atoms. The van der Waals surface area contributed by atoms with E-state index >= 15 is 0 Å². The van der Waals surface area contributed by atoms with Gasteiger partial charge in [-0.05, 0) is 82.2 Å². The molecule has 2 aliphatic carbocycles. The first-order valence-electron chi connectivity index (χ1n) is 16.9. The van der Waals surface area contributed by atoms with Crippen molar-refractivity contribution < 1.29 is 22.4 Å². The zero-order valence-corrected chi connectivity index (χ0v) is 27.1. The number of piperidine rings is 1. The predicted molar refractivity (Wildman–Crippen MR) is 173 cm³/mol. The topological polar surface area (TPSA) is 131 Å². The molecule has 4 aromatic rings. The van der Waals surface area contributed by atoms with Crippen LogP contribution < -0.4 is 15.8 Å². The lowest BCUT2D eigenvalue weighted by Crippen LogP contribution is -2.44. The van der Waals surface area contributed by atoms with Crippen molar-refractivity contribution in [1.29, 1.82) is 5.26 Å². The van der Waals surface area contributed by atoms with Gasteiger partial charge in [0.25, 0.3) is 5.92 Å². The van der Waals surface area contributed by atoms with Crippen molar-refractivity contribution in [3.63, 3.8) is 0 Å². The van der Waals surface area contributed by atoms with E-state index in [1.54, 1.807) is 10.9 Å². The molecule has 3 N–H and O–H groups in total. The van der Waals surface area contributed by atoms with Gasteiger partial charge < -0.3 is 20.3 Å². The number of fused-ring (bicyclic) bond motifs is 5. The number of ether oxygens (including phenoxy) is 1. The SMILES string of the molecule is C[C@H](Oc1nc(-c2noc3c2CCC[C@@]32CCCc3ccc(N)c(C#N)c32)cc2c1cnn2[C@@H]1CNCC(F)(F)C1)[C@@H]1C[C@@H](F)CN1C. The van der Waals surface area contributed by atoms with E-state index in [0.717, 1.165) is 54.6 Å². The Morgan fingerprint density at radius 3 is 2.79 bits per heavy atom. The van der Waals surface area contributed by atoms with E-state index in [0.29, 0.717) is 59.5 Å². The fraction of sp³-hybridized carbons (Fsp3) is 0.543. The summed E-state index contributed by atoms with van der Waals surface area (Å²) in [4.78, 5) is 6.92. The van der Waals surface area contributed by atoms with E-state index in [9.17, 15) is 18.4 Å². The molecule has 0 saturated carbocycles. The Kier molecular flexibility index (Phi) is 7.45. The van der Waals surface area contributed by atoms with Gasteiger partial charge in [0.05, 0.1) is 46.4 Å². The summed E-state index contributed by atoms with van der Waals surface area (Å²) in [6, 6.07) is 7.28. The van der Waals surface area contributed by atoms with Crippen LogP contribution in [0.15, 0.2) is 28.9 Å². The highest BCUT2D eigenvalue weighted by atomic mass is 19.3. The van der Waals surface area contributed by atoms with Gasteiger partial charge in [-0.3, -0.25) is 9.58 Å². The summed E-state index contributed by atoms with van der Waals surface area (Å²) in [6.45, 7) is 2.20. The number of nitrogen functional groups attached to an aromatic ring is 1. The van der Waals surface area contributed by atoms with E-state index in [2.05, 4.69) is 21.6 Å². The molecule has 5 atom stereocenters. The Bertz CT molecular complexity index is 1930. The lowest BCUT2D eigenvalue weighted by Gasteiger charge is -2.41. The van der Waals surface area contributed by atoms with Crippen LogP contribution in [0.25, 0.3) is 22.3 Å². The largest absolute Gasteiger partial charge is 0.472 e. The average Bonchev–Trinajstić information content (AvgIpc) is 3.78. The fourth-order valence-corrected chi connectivity index (χ4v) is 8.89. The first-order chi connectivity index (χ1) is 23.1. The van der Waals surface area contributed by atoms with Gasteiger partial charge in [-0.1, -0.05) is 11.2 Å². The van der Waals surface area contributed by atoms with E-state index < -0.39 is 29.7 Å². The fourth-order valence-electron chi connectivity index (χ4n) is 8.89. The zero-order chi connectivity index (χ0) is 33.4. The average molecular weight is 661 g/mol. The van der Waals surface area contributed by atoms with Gasteiger partial charge in [0, 0.05) is 36.8 Å². The molecule has 5 heterocycles. The maximum atomic E-state index is 14.6. The van der Waals surface area contributed by atoms with Crippen LogP contribution in [0.4, 0.5) is 18.9 Å². The summed E-state index contributed by atoms with van der Waals surface area (Å²) >= 11 is 0. The number of aromatic nitrogens is 4. The Balaban J connectivity index is 1.26. The molecule has 0 unspecified atom stereocenters. The first kappa shape index (κ1) is 31.1. The highest BCUT2D eigenvalue weighted by Crippen LogP contribution is 2.53. The van der Waals surface area contributed by atoms with Crippen LogP contribution in [0.2, 0.25) is 0 Å². The molecular formula is C35H39F3N8O2. The molecule has 3 aromatic heterocycles. The molecule has 2 fully saturated rings. The number of likely N-dealkylation sites (tertiary alicyclic amines) is 1. The summed E-state index contributed by atoms with van der Waals surface area (Å²) in [7, 11) is 1.88. The standard InChI is InChI=1S/C35H39F3N8O2/c1-19(28-11-21(36)17-45(28)2)47-33-25-16-42-46(22-13-35(37,38)18-41-15-22)29(25)12-27(43-33)31-23-6-4-10-34(32(23)48-44-31)9-3-5-20-7-8-26(40)24(14-39)30(20)34/h7-8,12,16,19,21-22,28,41H,3-6,9-11,13,15,17-18,40H2,1-2H3/t19-,21+,22-,28-,34+/m0/s1. The van der Waals surface area contributed by atoms with E-state index in [1.165, 1.54) is 0 Å². The normalized spacial score (nSPS) is 27.5. The van der Waals surface area contributed by atoms with Crippen LogP contribution in [-0.4, -0.2) is 75.7 Å². The molecule has 10 nitrogen and oxygen atoms in total. The number of hydrogen-bond donors (Lipinski definition) is 2. The third kappa shape index (κ3) is 4.94. The number of hydrogen-bond acceptors (Lipinski definition) is 9. The van der Waals surface area contributed by atoms with Gasteiger partial charge in [0.1, 0.15) is 24.0 Å². The number of nitrogens with two attached hydrogens (primary N) is 1. The number of anilines is 1. The predicted octanol–water partition coefficient (Wildman–Crippen LogP) is 5.48. The molecule has 2 aliphatic heterocycles. The minimum atomic E-state index is -2.87. The van der Waals surface area contributed by atoms with Gasteiger partial charge in [0.15, 0.2) is 5.76 Å². The van der Waals surface area contributed by atoms with E-state index in [-0.39, 0.29) is 24.9 Å². The molecule has 0 bridgehead atoms. The molecule has 1 aromatic carbocycles. The third-order valence-corrected chi connectivity index (χ3v) is 11.1. The molecule has 8 rings (SSSR count). The number of rotatable bonds is 5. The molecule has 4 aliphatic rings. The Labute approximate surface area is 276 Å². The molecule has 13 heteroatoms. The number of nitrogens with one attached hydrogen (secondary N) is 1. The van der Waals surface area contributed by atoms with Crippen molar-refractivity contribution in [3.8, 4) is 23.3 Å². The van der Waals surface area contributed by atoms with E-state index in [1.807, 2.05) is 37.1 Å². The van der Waals surface area contributed by atoms with Crippen LogP contribution in [0, 0.1) is 11.3 Å². The summed E-state index contributed by atoms with van der Waals surface area (Å²) in [5.74, 6) is -1.85. The van der Waals surface area contributed by atoms with Crippen LogP contribution in [0.1, 0.15) is 79.5 Å². The van der Waals surface area contributed by atoms with Crippen molar-refractivity contribution in [2.45, 2.75) is 94.0 Å². The maximum absolute atomic E-state index is 14.6. The van der Waals surface area contributed by atoms with Gasteiger partial charge in [-0.25, -0.2) is 18.2 Å². The molecule has 2 saturated heterocycles. The Hall–Kier alpha value is -4.15. The smallest absolute Gasteiger partial charge is 0.262 e. The minimum Gasteiger partial charge on any atom is -0.472 e. The third-order valence-electron chi connectivity index (χ3n) is 11.1. The van der Waals surface area contributed by atoms with Crippen LogP contribution in [0.3, 0.4) is 0 Å². The lowest BCUT2D eigenvalue weighted by molar-refractivity contribution is -0.0375. The molecule has 1 spiro atoms. The molecule has 0 amide bonds. The second-order valence-electron chi connectivity index (χ2n) is 14.1. The minimum absolute atomic E-state index is 0.162. The number of nitrogens with zero attached hydrogens (tertiary/aromatic N) is 6. The number of nitriles is 1. The quantitative estimate of drug-likeness (QED) is 0.267. The van der Waals surface area contributed by atoms with Crippen molar-refractivity contribution >= 4 is 16.6 Å². The second-order valence-corrected chi connectivity index (χ2v) is 14.1. The number of alkyl halides is 3. The van der Waals surface area contributed by atoms with Crippen molar-refractivity contribution in [2.75, 3.05) is 32.4 Å². The first-order valence-corrected chi connectivity index (χ1v) is 16.9. The number of likely N-dealkylation sites (N-methyl/N-ethyl adjacent to an activating group) is 1. The Morgan fingerprint density at radius 2 is 2.04 bits per heavy atom. The van der Waals surface area contributed by atoms with Gasteiger partial charge in [-0.15, -0.1) is 0 Å². The zero-order valence-electron chi connectivity index (χ0n) is 27.1. The number of halogens is 3. The molecular weight excluding hydrogens is 621 g/mol. The summed E-state index contributed by atoms with van der Waals surface area (Å²) in [5, 5.41) is 22.8. The van der Waals surface area contributed by atoms with Gasteiger partial charge in [0.2, 0.25) is 5.88 Å². The van der Waals surface area contributed by atoms with Crippen molar-refractivity contribution in [1.82, 2.24) is 30.1 Å². The molecule has 0 radical (unpaired) electrons. The van der Waals surface area contributed by atoms with Gasteiger partial charge in [-0.2, -0.15) is 10.4 Å². The van der Waals surface area contributed by atoms with Crippen molar-refractivity contribution in [3.05, 3.63) is 52.4 Å². The second kappa shape index (κ2) is 11.5. The summed E-state index contributed by atoms with van der Waals surface area (Å²) in [6.07, 6.45) is 5.21. The van der Waals surface area contributed by atoms with E-state index in [4.69, 9.17) is 20.0 Å². The molecule has 252 valence electrons. The lowest BCUT2D eigenvalue weighted by atomic mass is 9.61. The summed E-state index contributed by atoms with van der Waals surface area (Å²) in [5.41, 5.74) is 11.3. The Morgan fingerprint density at radius 1 is 1.23 bits per heavy atom. The summed E-state index contributed by atoms with van der Waals surface area (Å²) < 4.78 is 57.9. The van der Waals surface area contributed by atoms with Crippen LogP contribution >= 0.6 is 0 Å².